The average Bonchev–Trinajstić information content (AvgIpc) is 1.98. The molecule has 3 N–H and O–H groups in total. The molecule has 0 amide bonds. The van der Waals surface area contributed by atoms with E-state index in [1.807, 2.05) is 13.8 Å². The maximum absolute atomic E-state index is 10.1. The van der Waals surface area contributed by atoms with E-state index in [0.717, 1.165) is 0 Å². The van der Waals surface area contributed by atoms with Gasteiger partial charge in [-0.2, -0.15) is 0 Å². The van der Waals surface area contributed by atoms with Crippen LogP contribution in [0.15, 0.2) is 0 Å². The van der Waals surface area contributed by atoms with Crippen LogP contribution in [-0.2, 0) is 0 Å². The first-order chi connectivity index (χ1) is 5.78. The van der Waals surface area contributed by atoms with Crippen molar-refractivity contribution in [1.29, 1.82) is 0 Å². The topological polar surface area (TPSA) is 60.7 Å². The second-order valence-corrected chi connectivity index (χ2v) is 4.84. The molecule has 1 fully saturated rings. The zero-order chi connectivity index (χ0) is 10.3. The zero-order valence-electron chi connectivity index (χ0n) is 8.62. The summed E-state index contributed by atoms with van der Waals surface area (Å²) in [6.45, 7) is 5.50. The molecular formula is C10H20O3. The van der Waals surface area contributed by atoms with Crippen molar-refractivity contribution in [3.63, 3.8) is 0 Å². The average molecular weight is 188 g/mol. The molecule has 1 aliphatic rings. The van der Waals surface area contributed by atoms with Crippen LogP contribution in [0.25, 0.3) is 0 Å². The van der Waals surface area contributed by atoms with Crippen molar-refractivity contribution < 1.29 is 15.3 Å². The Bertz CT molecular complexity index is 189. The van der Waals surface area contributed by atoms with E-state index in [9.17, 15) is 15.3 Å². The van der Waals surface area contributed by atoms with E-state index in [-0.39, 0.29) is 12.3 Å². The van der Waals surface area contributed by atoms with Crippen LogP contribution < -0.4 is 0 Å². The van der Waals surface area contributed by atoms with Crippen molar-refractivity contribution in [2.24, 2.45) is 5.92 Å². The minimum Gasteiger partial charge on any atom is -0.390 e. The number of rotatable bonds is 1. The zero-order valence-corrected chi connectivity index (χ0v) is 8.62. The van der Waals surface area contributed by atoms with E-state index in [4.69, 9.17) is 0 Å². The first-order valence-corrected chi connectivity index (χ1v) is 4.91. The molecule has 0 aromatic carbocycles. The van der Waals surface area contributed by atoms with Crippen molar-refractivity contribution in [2.45, 2.75) is 57.3 Å². The maximum Gasteiger partial charge on any atom is 0.0879 e. The number of aliphatic hydroxyl groups excluding tert-OH is 1. The van der Waals surface area contributed by atoms with E-state index in [1.54, 1.807) is 6.92 Å². The van der Waals surface area contributed by atoms with Gasteiger partial charge >= 0.3 is 0 Å². The van der Waals surface area contributed by atoms with Crippen LogP contribution >= 0.6 is 0 Å². The van der Waals surface area contributed by atoms with E-state index < -0.39 is 17.3 Å². The van der Waals surface area contributed by atoms with Crippen molar-refractivity contribution in [3.05, 3.63) is 0 Å². The summed E-state index contributed by atoms with van der Waals surface area (Å²) in [5.41, 5.74) is -1.83. The fourth-order valence-corrected chi connectivity index (χ4v) is 1.82. The third-order valence-corrected chi connectivity index (χ3v) is 3.40. The lowest BCUT2D eigenvalue weighted by atomic mass is 9.70. The lowest BCUT2D eigenvalue weighted by Gasteiger charge is -2.44. The van der Waals surface area contributed by atoms with Gasteiger partial charge in [-0.3, -0.25) is 0 Å². The molecule has 1 rings (SSSR count). The first-order valence-electron chi connectivity index (χ1n) is 4.91. The van der Waals surface area contributed by atoms with E-state index in [1.165, 1.54) is 0 Å². The Hall–Kier alpha value is -0.120. The quantitative estimate of drug-likeness (QED) is 0.567. The molecule has 0 bridgehead atoms. The summed E-state index contributed by atoms with van der Waals surface area (Å²) >= 11 is 0. The molecular weight excluding hydrogens is 168 g/mol. The summed E-state index contributed by atoms with van der Waals surface area (Å²) in [5.74, 6) is 0.123. The Morgan fingerprint density at radius 1 is 1.23 bits per heavy atom. The molecule has 0 aromatic heterocycles. The molecule has 0 heterocycles. The minimum atomic E-state index is -1.03. The third-order valence-electron chi connectivity index (χ3n) is 3.40. The summed E-state index contributed by atoms with van der Waals surface area (Å²) in [6, 6.07) is 0. The fraction of sp³-hybridized carbons (Fsp3) is 1.00. The molecule has 0 saturated heterocycles. The lowest BCUT2D eigenvalue weighted by Crippen LogP contribution is -2.53. The van der Waals surface area contributed by atoms with Gasteiger partial charge in [0, 0.05) is 6.42 Å². The highest BCUT2D eigenvalue weighted by Gasteiger charge is 2.45. The molecule has 3 atom stereocenters. The second kappa shape index (κ2) is 3.23. The summed E-state index contributed by atoms with van der Waals surface area (Å²) in [4.78, 5) is 0. The molecule has 78 valence electrons. The van der Waals surface area contributed by atoms with Crippen LogP contribution in [0.2, 0.25) is 0 Å². The lowest BCUT2D eigenvalue weighted by molar-refractivity contribution is -0.160. The molecule has 0 radical (unpaired) electrons. The normalized spacial score (nSPS) is 46.8. The van der Waals surface area contributed by atoms with Crippen LogP contribution in [-0.4, -0.2) is 32.6 Å². The summed E-state index contributed by atoms with van der Waals surface area (Å²) in [5, 5.41) is 29.4. The Labute approximate surface area is 79.4 Å². The monoisotopic (exact) mass is 188 g/mol. The van der Waals surface area contributed by atoms with Gasteiger partial charge in [0.1, 0.15) is 0 Å². The van der Waals surface area contributed by atoms with Crippen molar-refractivity contribution >= 4 is 0 Å². The first kappa shape index (κ1) is 11.0. The van der Waals surface area contributed by atoms with Crippen LogP contribution in [0.3, 0.4) is 0 Å². The fourth-order valence-electron chi connectivity index (χ4n) is 1.82. The van der Waals surface area contributed by atoms with Crippen LogP contribution in [0.4, 0.5) is 0 Å². The SMILES string of the molecule is CC(C)[C@@]1(O)CCC(C)(O)[C@H](O)C1. The standard InChI is InChI=1S/C10H20O3/c1-7(2)10(13)5-4-9(3,12)8(11)6-10/h7-8,11-13H,4-6H2,1-3H3/t8-,9?,10-/m1/s1. The maximum atomic E-state index is 10.1. The van der Waals surface area contributed by atoms with Gasteiger partial charge in [-0.05, 0) is 25.7 Å². The largest absolute Gasteiger partial charge is 0.390 e. The van der Waals surface area contributed by atoms with E-state index in [0.29, 0.717) is 12.8 Å². The Kier molecular flexibility index (Phi) is 2.72. The van der Waals surface area contributed by atoms with Crippen molar-refractivity contribution in [1.82, 2.24) is 0 Å². The van der Waals surface area contributed by atoms with Crippen LogP contribution in [0.5, 0.6) is 0 Å². The molecule has 1 saturated carbocycles. The van der Waals surface area contributed by atoms with Gasteiger partial charge in [-0.1, -0.05) is 13.8 Å². The number of hydrogen-bond donors (Lipinski definition) is 3. The van der Waals surface area contributed by atoms with Crippen LogP contribution in [0, 0.1) is 5.92 Å². The van der Waals surface area contributed by atoms with Gasteiger partial charge in [0.15, 0.2) is 0 Å². The van der Waals surface area contributed by atoms with E-state index >= 15 is 0 Å². The Morgan fingerprint density at radius 2 is 1.77 bits per heavy atom. The Morgan fingerprint density at radius 3 is 2.15 bits per heavy atom. The van der Waals surface area contributed by atoms with Gasteiger partial charge in [-0.15, -0.1) is 0 Å². The van der Waals surface area contributed by atoms with Gasteiger partial charge in [-0.25, -0.2) is 0 Å². The summed E-state index contributed by atoms with van der Waals surface area (Å²) in [7, 11) is 0. The predicted octanol–water partition coefficient (Wildman–Crippen LogP) is 0.669. The third kappa shape index (κ3) is 2.03. The highest BCUT2D eigenvalue weighted by Crippen LogP contribution is 2.38. The summed E-state index contributed by atoms with van der Waals surface area (Å²) in [6.07, 6.45) is 0.489. The molecule has 3 heteroatoms. The summed E-state index contributed by atoms with van der Waals surface area (Å²) < 4.78 is 0. The molecule has 0 spiro atoms. The highest BCUT2D eigenvalue weighted by molar-refractivity contribution is 4.98. The van der Waals surface area contributed by atoms with Crippen molar-refractivity contribution in [2.75, 3.05) is 0 Å². The predicted molar refractivity (Wildman–Crippen MR) is 50.3 cm³/mol. The molecule has 1 aliphatic carbocycles. The second-order valence-electron chi connectivity index (χ2n) is 4.84. The van der Waals surface area contributed by atoms with Gasteiger partial charge in [0.25, 0.3) is 0 Å². The number of aliphatic hydroxyl groups is 3. The van der Waals surface area contributed by atoms with Gasteiger partial charge < -0.3 is 15.3 Å². The van der Waals surface area contributed by atoms with E-state index in [2.05, 4.69) is 0 Å². The van der Waals surface area contributed by atoms with Gasteiger partial charge in [0.2, 0.25) is 0 Å². The molecule has 13 heavy (non-hydrogen) atoms. The van der Waals surface area contributed by atoms with Crippen LogP contribution in [0.1, 0.15) is 40.0 Å². The number of hydrogen-bond acceptors (Lipinski definition) is 3. The molecule has 0 aromatic rings. The smallest absolute Gasteiger partial charge is 0.0879 e. The Balaban J connectivity index is 2.70. The molecule has 3 nitrogen and oxygen atoms in total. The van der Waals surface area contributed by atoms with Gasteiger partial charge in [0.05, 0.1) is 17.3 Å². The molecule has 1 unspecified atom stereocenters. The van der Waals surface area contributed by atoms with Crippen molar-refractivity contribution in [3.8, 4) is 0 Å². The highest BCUT2D eigenvalue weighted by atomic mass is 16.3. The molecule has 0 aliphatic heterocycles. The minimum absolute atomic E-state index is 0.123.